The first-order chi connectivity index (χ1) is 7.68. The van der Waals surface area contributed by atoms with Crippen LogP contribution in [0.3, 0.4) is 0 Å². The summed E-state index contributed by atoms with van der Waals surface area (Å²) in [4.78, 5) is 4.23. The molecule has 0 amide bonds. The van der Waals surface area contributed by atoms with Crippen LogP contribution in [0, 0.1) is 13.8 Å². The smallest absolute Gasteiger partial charge is 0.121 e. The third kappa shape index (κ3) is 2.12. The molecule has 0 radical (unpaired) electrons. The van der Waals surface area contributed by atoms with Crippen LogP contribution in [0.1, 0.15) is 28.5 Å². The molecular formula is C14H15NO. The molecule has 0 fully saturated rings. The highest BCUT2D eigenvalue weighted by atomic mass is 16.3. The largest absolute Gasteiger partial charge is 0.382 e. The third-order valence-corrected chi connectivity index (χ3v) is 2.70. The molecule has 2 rings (SSSR count). The summed E-state index contributed by atoms with van der Waals surface area (Å²) in [6.45, 7) is 3.99. The Morgan fingerprint density at radius 2 is 1.75 bits per heavy atom. The van der Waals surface area contributed by atoms with E-state index in [2.05, 4.69) is 4.98 Å². The van der Waals surface area contributed by atoms with Crippen LogP contribution in [0.2, 0.25) is 0 Å². The van der Waals surface area contributed by atoms with Crippen molar-refractivity contribution in [3.8, 4) is 0 Å². The van der Waals surface area contributed by atoms with E-state index in [0.29, 0.717) is 0 Å². The maximum absolute atomic E-state index is 10.2. The fourth-order valence-electron chi connectivity index (χ4n) is 1.69. The zero-order valence-corrected chi connectivity index (χ0v) is 9.51. The van der Waals surface area contributed by atoms with E-state index in [-0.39, 0.29) is 0 Å². The van der Waals surface area contributed by atoms with Crippen molar-refractivity contribution in [3.05, 3.63) is 65.0 Å². The van der Waals surface area contributed by atoms with Gasteiger partial charge >= 0.3 is 0 Å². The monoisotopic (exact) mass is 213 g/mol. The number of aliphatic hydroxyl groups is 1. The summed E-state index contributed by atoms with van der Waals surface area (Å²) in [5, 5.41) is 10.2. The highest BCUT2D eigenvalue weighted by molar-refractivity contribution is 5.31. The van der Waals surface area contributed by atoms with Gasteiger partial charge in [0, 0.05) is 6.20 Å². The van der Waals surface area contributed by atoms with Gasteiger partial charge in [-0.15, -0.1) is 0 Å². The molecule has 0 bridgehead atoms. The predicted molar refractivity (Wildman–Crippen MR) is 64.2 cm³/mol. The standard InChI is InChI=1S/C14H15NO/c1-10-5-7-12(8-6-10)14(16)13-11(2)4-3-9-15-13/h3-9,14,16H,1-2H3. The van der Waals surface area contributed by atoms with Crippen LogP contribution in [0.4, 0.5) is 0 Å². The lowest BCUT2D eigenvalue weighted by atomic mass is 10.0. The van der Waals surface area contributed by atoms with Crippen molar-refractivity contribution in [2.75, 3.05) is 0 Å². The lowest BCUT2D eigenvalue weighted by molar-refractivity contribution is 0.214. The number of aliphatic hydroxyl groups excluding tert-OH is 1. The van der Waals surface area contributed by atoms with E-state index in [0.717, 1.165) is 16.8 Å². The van der Waals surface area contributed by atoms with Gasteiger partial charge in [-0.05, 0) is 31.0 Å². The number of nitrogens with zero attached hydrogens (tertiary/aromatic N) is 1. The molecule has 1 unspecified atom stereocenters. The molecule has 0 aliphatic carbocycles. The summed E-state index contributed by atoms with van der Waals surface area (Å²) in [6, 6.07) is 11.7. The summed E-state index contributed by atoms with van der Waals surface area (Å²) in [5.41, 5.74) is 3.81. The lowest BCUT2D eigenvalue weighted by Crippen LogP contribution is -2.04. The van der Waals surface area contributed by atoms with Crippen LogP contribution in [0.25, 0.3) is 0 Å². The van der Waals surface area contributed by atoms with Crippen molar-refractivity contribution in [1.82, 2.24) is 4.98 Å². The quantitative estimate of drug-likeness (QED) is 0.832. The molecule has 0 aliphatic heterocycles. The number of benzene rings is 1. The predicted octanol–water partition coefficient (Wildman–Crippen LogP) is 2.78. The highest BCUT2D eigenvalue weighted by Crippen LogP contribution is 2.22. The fraction of sp³-hybridized carbons (Fsp3) is 0.214. The highest BCUT2D eigenvalue weighted by Gasteiger charge is 2.13. The number of pyridine rings is 1. The van der Waals surface area contributed by atoms with Gasteiger partial charge in [0.15, 0.2) is 0 Å². The molecule has 2 heteroatoms. The number of aryl methyl sites for hydroxylation is 2. The second-order valence-electron chi connectivity index (χ2n) is 4.02. The Hall–Kier alpha value is -1.67. The van der Waals surface area contributed by atoms with E-state index in [1.807, 2.05) is 50.2 Å². The van der Waals surface area contributed by atoms with Crippen molar-refractivity contribution in [1.29, 1.82) is 0 Å². The first-order valence-corrected chi connectivity index (χ1v) is 5.34. The second kappa shape index (κ2) is 4.45. The maximum atomic E-state index is 10.2. The van der Waals surface area contributed by atoms with E-state index in [4.69, 9.17) is 0 Å². The van der Waals surface area contributed by atoms with Crippen molar-refractivity contribution < 1.29 is 5.11 Å². The van der Waals surface area contributed by atoms with Crippen molar-refractivity contribution >= 4 is 0 Å². The molecule has 1 aromatic carbocycles. The van der Waals surface area contributed by atoms with Gasteiger partial charge in [-0.2, -0.15) is 0 Å². The van der Waals surface area contributed by atoms with Gasteiger partial charge in [0.05, 0.1) is 5.69 Å². The van der Waals surface area contributed by atoms with Gasteiger partial charge in [-0.3, -0.25) is 4.98 Å². The van der Waals surface area contributed by atoms with Gasteiger partial charge in [-0.1, -0.05) is 35.9 Å². The number of rotatable bonds is 2. The molecule has 1 aromatic heterocycles. The molecule has 1 heterocycles. The van der Waals surface area contributed by atoms with Gasteiger partial charge in [0.25, 0.3) is 0 Å². The summed E-state index contributed by atoms with van der Waals surface area (Å²) in [5.74, 6) is 0. The average molecular weight is 213 g/mol. The van der Waals surface area contributed by atoms with Crippen LogP contribution >= 0.6 is 0 Å². The van der Waals surface area contributed by atoms with E-state index in [1.165, 1.54) is 5.56 Å². The van der Waals surface area contributed by atoms with Crippen molar-refractivity contribution in [2.45, 2.75) is 20.0 Å². The molecule has 0 saturated heterocycles. The minimum Gasteiger partial charge on any atom is -0.382 e. The third-order valence-electron chi connectivity index (χ3n) is 2.70. The van der Waals surface area contributed by atoms with E-state index in [9.17, 15) is 5.11 Å². The van der Waals surface area contributed by atoms with E-state index in [1.54, 1.807) is 6.20 Å². The van der Waals surface area contributed by atoms with Crippen LogP contribution in [0.15, 0.2) is 42.6 Å². The van der Waals surface area contributed by atoms with Crippen molar-refractivity contribution in [3.63, 3.8) is 0 Å². The number of aromatic nitrogens is 1. The molecule has 0 saturated carbocycles. The Morgan fingerprint density at radius 3 is 2.38 bits per heavy atom. The molecule has 0 aliphatic rings. The maximum Gasteiger partial charge on any atom is 0.121 e. The van der Waals surface area contributed by atoms with Gasteiger partial charge in [-0.25, -0.2) is 0 Å². The van der Waals surface area contributed by atoms with Gasteiger partial charge < -0.3 is 5.11 Å². The first-order valence-electron chi connectivity index (χ1n) is 5.34. The van der Waals surface area contributed by atoms with Crippen LogP contribution in [0.5, 0.6) is 0 Å². The number of hydrogen-bond acceptors (Lipinski definition) is 2. The molecular weight excluding hydrogens is 198 g/mol. The molecule has 16 heavy (non-hydrogen) atoms. The second-order valence-corrected chi connectivity index (χ2v) is 4.02. The lowest BCUT2D eigenvalue weighted by Gasteiger charge is -2.12. The van der Waals surface area contributed by atoms with Crippen LogP contribution in [-0.2, 0) is 0 Å². The van der Waals surface area contributed by atoms with Gasteiger partial charge in [0.1, 0.15) is 6.10 Å². The van der Waals surface area contributed by atoms with Crippen molar-refractivity contribution in [2.24, 2.45) is 0 Å². The molecule has 0 spiro atoms. The summed E-state index contributed by atoms with van der Waals surface area (Å²) in [6.07, 6.45) is 1.07. The fourth-order valence-corrected chi connectivity index (χ4v) is 1.69. The number of hydrogen-bond donors (Lipinski definition) is 1. The minimum absolute atomic E-state index is 0.637. The van der Waals surface area contributed by atoms with Crippen LogP contribution < -0.4 is 0 Å². The van der Waals surface area contributed by atoms with E-state index < -0.39 is 6.10 Å². The normalized spacial score (nSPS) is 12.4. The summed E-state index contributed by atoms with van der Waals surface area (Å²) < 4.78 is 0. The zero-order valence-electron chi connectivity index (χ0n) is 9.51. The Balaban J connectivity index is 2.35. The first kappa shape index (κ1) is 10.8. The average Bonchev–Trinajstić information content (AvgIpc) is 2.30. The topological polar surface area (TPSA) is 33.1 Å². The molecule has 1 N–H and O–H groups in total. The zero-order chi connectivity index (χ0) is 11.5. The Morgan fingerprint density at radius 1 is 1.06 bits per heavy atom. The summed E-state index contributed by atoms with van der Waals surface area (Å²) >= 11 is 0. The molecule has 2 nitrogen and oxygen atoms in total. The van der Waals surface area contributed by atoms with Gasteiger partial charge in [0.2, 0.25) is 0 Å². The van der Waals surface area contributed by atoms with Crippen LogP contribution in [-0.4, -0.2) is 10.1 Å². The minimum atomic E-state index is -0.637. The Bertz CT molecular complexity index is 476. The summed E-state index contributed by atoms with van der Waals surface area (Å²) in [7, 11) is 0. The van der Waals surface area contributed by atoms with E-state index >= 15 is 0 Å². The molecule has 82 valence electrons. The Kier molecular flexibility index (Phi) is 3.02. The molecule has 2 aromatic rings. The SMILES string of the molecule is Cc1ccc(C(O)c2ncccc2C)cc1. The molecule has 1 atom stereocenters. The Labute approximate surface area is 95.6 Å².